The molecule has 0 saturated heterocycles. The average Bonchev–Trinajstić information content (AvgIpc) is 2.74. The maximum Gasteiger partial charge on any atom is 0.122 e. The number of ether oxygens (including phenoxy) is 2. The molecule has 118 valence electrons. The Labute approximate surface area is 129 Å². The summed E-state index contributed by atoms with van der Waals surface area (Å²) in [5.41, 5.74) is 1.38. The molecule has 1 aromatic carbocycles. The van der Waals surface area contributed by atoms with Crippen molar-refractivity contribution < 1.29 is 9.47 Å². The van der Waals surface area contributed by atoms with E-state index in [4.69, 9.17) is 9.47 Å². The van der Waals surface area contributed by atoms with Gasteiger partial charge in [0.2, 0.25) is 0 Å². The van der Waals surface area contributed by atoms with E-state index < -0.39 is 0 Å². The van der Waals surface area contributed by atoms with Crippen LogP contribution < -0.4 is 10.1 Å². The topological polar surface area (TPSA) is 30.5 Å². The first-order valence-electron chi connectivity index (χ1n) is 8.22. The summed E-state index contributed by atoms with van der Waals surface area (Å²) in [6.45, 7) is 2.35. The van der Waals surface area contributed by atoms with Gasteiger partial charge in [-0.05, 0) is 49.9 Å². The van der Waals surface area contributed by atoms with Crippen LogP contribution in [-0.4, -0.2) is 33.9 Å². The van der Waals surface area contributed by atoms with Crippen LogP contribution in [0.3, 0.4) is 0 Å². The van der Waals surface area contributed by atoms with Crippen LogP contribution in [0.1, 0.15) is 43.6 Å². The minimum atomic E-state index is 0.610. The molecule has 0 heterocycles. The molecule has 1 saturated carbocycles. The largest absolute Gasteiger partial charge is 0.491 e. The lowest BCUT2D eigenvalue weighted by atomic mass is 9.82. The minimum Gasteiger partial charge on any atom is -0.491 e. The van der Waals surface area contributed by atoms with Crippen LogP contribution >= 0.6 is 0 Å². The van der Waals surface area contributed by atoms with Gasteiger partial charge in [-0.25, -0.2) is 0 Å². The fourth-order valence-corrected chi connectivity index (χ4v) is 3.45. The van der Waals surface area contributed by atoms with Gasteiger partial charge in [-0.3, -0.25) is 0 Å². The molecule has 1 aliphatic rings. The molecule has 0 aromatic heterocycles. The van der Waals surface area contributed by atoms with Crippen LogP contribution in [0.5, 0.6) is 5.75 Å². The summed E-state index contributed by atoms with van der Waals surface area (Å²) in [5, 5.41) is 3.38. The first-order chi connectivity index (χ1) is 10.4. The van der Waals surface area contributed by atoms with E-state index in [0.29, 0.717) is 25.0 Å². The Kier molecular flexibility index (Phi) is 7.04. The van der Waals surface area contributed by atoms with Gasteiger partial charge in [0.15, 0.2) is 0 Å². The Bertz CT molecular complexity index is 408. The zero-order chi connectivity index (χ0) is 14.9. The van der Waals surface area contributed by atoms with Crippen LogP contribution in [0.2, 0.25) is 0 Å². The van der Waals surface area contributed by atoms with E-state index in [0.717, 1.165) is 12.3 Å². The highest BCUT2D eigenvalue weighted by molar-refractivity contribution is 5.37. The molecule has 2 rings (SSSR count). The lowest BCUT2D eigenvalue weighted by Gasteiger charge is -2.27. The summed E-state index contributed by atoms with van der Waals surface area (Å²) >= 11 is 0. The number of hydrogen-bond acceptors (Lipinski definition) is 3. The van der Waals surface area contributed by atoms with Crippen molar-refractivity contribution in [1.82, 2.24) is 5.32 Å². The Morgan fingerprint density at radius 1 is 1.10 bits per heavy atom. The molecular weight excluding hydrogens is 262 g/mol. The fraction of sp³-hybridized carbons (Fsp3) is 0.667. The number of methoxy groups -OCH3 is 1. The minimum absolute atomic E-state index is 0.610. The Balaban J connectivity index is 2.16. The van der Waals surface area contributed by atoms with Crippen LogP contribution in [0.4, 0.5) is 0 Å². The van der Waals surface area contributed by atoms with E-state index in [1.54, 1.807) is 7.11 Å². The van der Waals surface area contributed by atoms with Crippen molar-refractivity contribution in [3.05, 3.63) is 29.8 Å². The van der Waals surface area contributed by atoms with Crippen LogP contribution in [0.15, 0.2) is 24.3 Å². The van der Waals surface area contributed by atoms with Crippen molar-refractivity contribution in [3.63, 3.8) is 0 Å². The van der Waals surface area contributed by atoms with Crippen LogP contribution in [-0.2, 0) is 4.74 Å². The second kappa shape index (κ2) is 9.06. The second-order valence-corrected chi connectivity index (χ2v) is 5.94. The van der Waals surface area contributed by atoms with Crippen LogP contribution in [0.25, 0.3) is 0 Å². The third kappa shape index (κ3) is 4.72. The molecule has 3 heteroatoms. The molecule has 0 spiro atoms. The molecule has 0 aliphatic heterocycles. The summed E-state index contributed by atoms with van der Waals surface area (Å²) in [7, 11) is 3.77. The average molecular weight is 291 g/mol. The first-order valence-corrected chi connectivity index (χ1v) is 8.22. The van der Waals surface area contributed by atoms with Gasteiger partial charge in [0, 0.05) is 7.11 Å². The zero-order valence-corrected chi connectivity index (χ0v) is 13.4. The van der Waals surface area contributed by atoms with Gasteiger partial charge in [-0.2, -0.15) is 0 Å². The SMILES string of the molecule is CNCC1CCCCCC1c1ccccc1OCCOC. The maximum absolute atomic E-state index is 5.95. The maximum atomic E-state index is 5.95. The number of rotatable bonds is 7. The molecule has 0 bridgehead atoms. The third-order valence-corrected chi connectivity index (χ3v) is 4.49. The predicted octanol–water partition coefficient (Wildman–Crippen LogP) is 3.60. The summed E-state index contributed by atoms with van der Waals surface area (Å²) in [5.74, 6) is 2.37. The Hall–Kier alpha value is -1.06. The van der Waals surface area contributed by atoms with Gasteiger partial charge in [0.25, 0.3) is 0 Å². The molecule has 21 heavy (non-hydrogen) atoms. The van der Waals surface area contributed by atoms with E-state index in [1.165, 1.54) is 37.7 Å². The molecule has 2 unspecified atom stereocenters. The predicted molar refractivity (Wildman–Crippen MR) is 87.1 cm³/mol. The molecular formula is C18H29NO2. The molecule has 1 fully saturated rings. The molecule has 3 nitrogen and oxygen atoms in total. The molecule has 0 amide bonds. The van der Waals surface area contributed by atoms with E-state index in [2.05, 4.69) is 36.6 Å². The van der Waals surface area contributed by atoms with Gasteiger partial charge in [-0.1, -0.05) is 37.5 Å². The molecule has 0 radical (unpaired) electrons. The molecule has 1 aromatic rings. The number of nitrogens with one attached hydrogen (secondary N) is 1. The van der Waals surface area contributed by atoms with Crippen molar-refractivity contribution in [3.8, 4) is 5.75 Å². The van der Waals surface area contributed by atoms with Crippen molar-refractivity contribution in [1.29, 1.82) is 0 Å². The van der Waals surface area contributed by atoms with Gasteiger partial charge >= 0.3 is 0 Å². The summed E-state index contributed by atoms with van der Waals surface area (Å²) in [6.07, 6.45) is 6.64. The third-order valence-electron chi connectivity index (χ3n) is 4.49. The van der Waals surface area contributed by atoms with Crippen LogP contribution in [0, 0.1) is 5.92 Å². The Morgan fingerprint density at radius 3 is 2.71 bits per heavy atom. The van der Waals surface area contributed by atoms with Gasteiger partial charge in [-0.15, -0.1) is 0 Å². The monoisotopic (exact) mass is 291 g/mol. The highest BCUT2D eigenvalue weighted by atomic mass is 16.5. The summed E-state index contributed by atoms with van der Waals surface area (Å²) in [6, 6.07) is 8.56. The van der Waals surface area contributed by atoms with Gasteiger partial charge in [0.05, 0.1) is 6.61 Å². The summed E-state index contributed by atoms with van der Waals surface area (Å²) < 4.78 is 11.0. The molecule has 1 aliphatic carbocycles. The van der Waals surface area contributed by atoms with Crippen molar-refractivity contribution in [2.45, 2.75) is 38.0 Å². The smallest absolute Gasteiger partial charge is 0.122 e. The molecule has 1 N–H and O–H groups in total. The zero-order valence-electron chi connectivity index (χ0n) is 13.4. The highest BCUT2D eigenvalue weighted by Gasteiger charge is 2.26. The number of para-hydroxylation sites is 1. The van der Waals surface area contributed by atoms with E-state index >= 15 is 0 Å². The van der Waals surface area contributed by atoms with Gasteiger partial charge < -0.3 is 14.8 Å². The highest BCUT2D eigenvalue weighted by Crippen LogP contribution is 2.40. The fourth-order valence-electron chi connectivity index (χ4n) is 3.45. The van der Waals surface area contributed by atoms with E-state index in [9.17, 15) is 0 Å². The van der Waals surface area contributed by atoms with E-state index in [-0.39, 0.29) is 0 Å². The van der Waals surface area contributed by atoms with Crippen molar-refractivity contribution in [2.24, 2.45) is 5.92 Å². The first kappa shape index (κ1) is 16.3. The number of hydrogen-bond donors (Lipinski definition) is 1. The normalized spacial score (nSPS) is 22.8. The lowest BCUT2D eigenvalue weighted by Crippen LogP contribution is -2.24. The Morgan fingerprint density at radius 2 is 1.90 bits per heavy atom. The standard InChI is InChI=1S/C18H29NO2/c1-19-14-15-8-4-3-5-9-16(15)17-10-6-7-11-18(17)21-13-12-20-2/h6-7,10-11,15-16,19H,3-5,8-9,12-14H2,1-2H3. The van der Waals surface area contributed by atoms with Gasteiger partial charge in [0.1, 0.15) is 12.4 Å². The van der Waals surface area contributed by atoms with Crippen molar-refractivity contribution in [2.75, 3.05) is 33.9 Å². The number of benzene rings is 1. The second-order valence-electron chi connectivity index (χ2n) is 5.94. The summed E-state index contributed by atoms with van der Waals surface area (Å²) in [4.78, 5) is 0. The quantitative estimate of drug-likeness (QED) is 0.615. The lowest BCUT2D eigenvalue weighted by molar-refractivity contribution is 0.145. The van der Waals surface area contributed by atoms with Crippen molar-refractivity contribution >= 4 is 0 Å². The molecule has 2 atom stereocenters. The van der Waals surface area contributed by atoms with E-state index in [1.807, 2.05) is 0 Å².